The molecule has 0 saturated heterocycles. The van der Waals surface area contributed by atoms with Gasteiger partial charge in [0.25, 0.3) is 0 Å². The lowest BCUT2D eigenvalue weighted by atomic mass is 10.0. The molecule has 0 saturated carbocycles. The number of para-hydroxylation sites is 1. The van der Waals surface area contributed by atoms with Gasteiger partial charge in [0.1, 0.15) is 11.5 Å². The van der Waals surface area contributed by atoms with Crippen LogP contribution in [0.2, 0.25) is 5.02 Å². The van der Waals surface area contributed by atoms with Crippen LogP contribution >= 0.6 is 23.4 Å². The molecule has 0 aliphatic carbocycles. The number of rotatable bonds is 6. The van der Waals surface area contributed by atoms with Gasteiger partial charge >= 0.3 is 0 Å². The van der Waals surface area contributed by atoms with Gasteiger partial charge in [-0.15, -0.1) is 11.8 Å². The van der Waals surface area contributed by atoms with Crippen LogP contribution in [0.25, 0.3) is 0 Å². The molecule has 0 aliphatic rings. The highest BCUT2D eigenvalue weighted by Gasteiger charge is 2.13. The molecule has 0 aliphatic heterocycles. The maximum absolute atomic E-state index is 6.33. The van der Waals surface area contributed by atoms with Crippen LogP contribution in [0, 0.1) is 0 Å². The van der Waals surface area contributed by atoms with E-state index < -0.39 is 0 Å². The van der Waals surface area contributed by atoms with Crippen molar-refractivity contribution in [2.45, 2.75) is 30.7 Å². The number of thioether (sulfide) groups is 1. The Balaban J connectivity index is 2.33. The Hall–Kier alpha value is -1.16. The minimum atomic E-state index is 0.0862. The molecule has 0 amide bonds. The average molecular weight is 322 g/mol. The molecule has 0 aromatic heterocycles. The second-order valence-electron chi connectivity index (χ2n) is 4.84. The molecule has 0 fully saturated rings. The van der Waals surface area contributed by atoms with Crippen molar-refractivity contribution in [2.75, 3.05) is 6.26 Å². The van der Waals surface area contributed by atoms with E-state index in [0.29, 0.717) is 11.4 Å². The zero-order chi connectivity index (χ0) is 15.2. The van der Waals surface area contributed by atoms with Crippen LogP contribution in [-0.4, -0.2) is 12.3 Å². The predicted octanol–water partition coefficient (Wildman–Crippen LogP) is 5.13. The number of hydrogen-bond acceptors (Lipinski definition) is 3. The fourth-order valence-corrected chi connectivity index (χ4v) is 2.83. The number of benzene rings is 2. The molecular formula is C17H20ClNOS. The molecular weight excluding hydrogens is 302 g/mol. The Bertz CT molecular complexity index is 603. The van der Waals surface area contributed by atoms with Crippen LogP contribution in [0.1, 0.15) is 18.9 Å². The van der Waals surface area contributed by atoms with Crippen molar-refractivity contribution in [3.8, 4) is 11.5 Å². The Morgan fingerprint density at radius 2 is 1.86 bits per heavy atom. The summed E-state index contributed by atoms with van der Waals surface area (Å²) in [6.45, 7) is 2.07. The quantitative estimate of drug-likeness (QED) is 0.749. The normalized spacial score (nSPS) is 12.2. The van der Waals surface area contributed by atoms with Gasteiger partial charge in [0.2, 0.25) is 0 Å². The molecule has 112 valence electrons. The van der Waals surface area contributed by atoms with Gasteiger partial charge < -0.3 is 10.5 Å². The molecule has 2 aromatic rings. The summed E-state index contributed by atoms with van der Waals surface area (Å²) in [6, 6.07) is 13.8. The van der Waals surface area contributed by atoms with Crippen LogP contribution in [0.4, 0.5) is 0 Å². The van der Waals surface area contributed by atoms with E-state index in [1.807, 2.05) is 48.7 Å². The summed E-state index contributed by atoms with van der Waals surface area (Å²) in [7, 11) is 0. The van der Waals surface area contributed by atoms with Crippen molar-refractivity contribution in [1.29, 1.82) is 0 Å². The van der Waals surface area contributed by atoms with Crippen LogP contribution < -0.4 is 10.5 Å². The van der Waals surface area contributed by atoms with Crippen molar-refractivity contribution in [2.24, 2.45) is 5.73 Å². The maximum Gasteiger partial charge on any atom is 0.140 e. The molecule has 21 heavy (non-hydrogen) atoms. The third-order valence-electron chi connectivity index (χ3n) is 3.36. The highest BCUT2D eigenvalue weighted by atomic mass is 35.5. The van der Waals surface area contributed by atoms with E-state index in [0.717, 1.165) is 28.4 Å². The van der Waals surface area contributed by atoms with Crippen molar-refractivity contribution in [1.82, 2.24) is 0 Å². The Morgan fingerprint density at radius 3 is 2.57 bits per heavy atom. The van der Waals surface area contributed by atoms with E-state index >= 15 is 0 Å². The summed E-state index contributed by atoms with van der Waals surface area (Å²) >= 11 is 7.99. The summed E-state index contributed by atoms with van der Waals surface area (Å²) in [5.41, 5.74) is 7.05. The van der Waals surface area contributed by atoms with Gasteiger partial charge in [-0.3, -0.25) is 0 Å². The first-order chi connectivity index (χ1) is 10.2. The second kappa shape index (κ2) is 7.74. The lowest BCUT2D eigenvalue weighted by Crippen LogP contribution is -2.21. The first-order valence-corrected chi connectivity index (χ1v) is 8.59. The molecule has 4 heteroatoms. The van der Waals surface area contributed by atoms with Gasteiger partial charge in [-0.2, -0.15) is 0 Å². The smallest absolute Gasteiger partial charge is 0.140 e. The minimum absolute atomic E-state index is 0.0862. The Labute approximate surface area is 135 Å². The van der Waals surface area contributed by atoms with Crippen LogP contribution in [0.3, 0.4) is 0 Å². The molecule has 0 radical (unpaired) electrons. The third-order valence-corrected chi connectivity index (χ3v) is 4.49. The molecule has 1 unspecified atom stereocenters. The summed E-state index contributed by atoms with van der Waals surface area (Å²) in [6.07, 6.45) is 3.66. The number of hydrogen-bond donors (Lipinski definition) is 1. The zero-order valence-electron chi connectivity index (χ0n) is 12.3. The van der Waals surface area contributed by atoms with E-state index in [1.54, 1.807) is 11.8 Å². The summed E-state index contributed by atoms with van der Waals surface area (Å²) in [5.74, 6) is 1.63. The SMILES string of the molecule is CCC(N)Cc1c(Cl)cccc1Oc1ccccc1SC. The van der Waals surface area contributed by atoms with E-state index in [2.05, 4.69) is 6.92 Å². The lowest BCUT2D eigenvalue weighted by Gasteiger charge is -2.16. The van der Waals surface area contributed by atoms with Crippen molar-refractivity contribution >= 4 is 23.4 Å². The molecule has 2 nitrogen and oxygen atoms in total. The maximum atomic E-state index is 6.33. The van der Waals surface area contributed by atoms with Crippen molar-refractivity contribution in [3.63, 3.8) is 0 Å². The van der Waals surface area contributed by atoms with Gasteiger partial charge in [0.05, 0.1) is 0 Å². The summed E-state index contributed by atoms with van der Waals surface area (Å²) in [5, 5.41) is 0.707. The average Bonchev–Trinajstić information content (AvgIpc) is 2.51. The zero-order valence-corrected chi connectivity index (χ0v) is 13.9. The van der Waals surface area contributed by atoms with E-state index in [-0.39, 0.29) is 6.04 Å². The fourth-order valence-electron chi connectivity index (χ4n) is 2.06. The topological polar surface area (TPSA) is 35.2 Å². The molecule has 2 N–H and O–H groups in total. The molecule has 2 aromatic carbocycles. The molecule has 0 heterocycles. The van der Waals surface area contributed by atoms with Crippen LogP contribution in [0.15, 0.2) is 47.4 Å². The summed E-state index contributed by atoms with van der Waals surface area (Å²) < 4.78 is 6.10. The van der Waals surface area contributed by atoms with Crippen LogP contribution in [0.5, 0.6) is 11.5 Å². The van der Waals surface area contributed by atoms with E-state index in [9.17, 15) is 0 Å². The van der Waals surface area contributed by atoms with E-state index in [1.165, 1.54) is 0 Å². The predicted molar refractivity (Wildman–Crippen MR) is 91.7 cm³/mol. The third kappa shape index (κ3) is 4.16. The fraction of sp³-hybridized carbons (Fsp3) is 0.294. The highest BCUT2D eigenvalue weighted by Crippen LogP contribution is 2.35. The Morgan fingerprint density at radius 1 is 1.14 bits per heavy atom. The molecule has 2 rings (SSSR count). The molecule has 0 spiro atoms. The first-order valence-electron chi connectivity index (χ1n) is 6.99. The monoisotopic (exact) mass is 321 g/mol. The standard InChI is InChI=1S/C17H20ClNOS/c1-3-12(19)11-13-14(18)7-6-9-15(13)20-16-8-4-5-10-17(16)21-2/h4-10,12H,3,11,19H2,1-2H3. The van der Waals surface area contributed by atoms with Gasteiger partial charge in [0, 0.05) is 21.5 Å². The Kier molecular flexibility index (Phi) is 5.97. The van der Waals surface area contributed by atoms with Crippen molar-refractivity contribution < 1.29 is 4.74 Å². The van der Waals surface area contributed by atoms with Gasteiger partial charge in [-0.05, 0) is 43.4 Å². The lowest BCUT2D eigenvalue weighted by molar-refractivity contribution is 0.461. The molecule has 1 atom stereocenters. The van der Waals surface area contributed by atoms with E-state index in [4.69, 9.17) is 22.1 Å². The highest BCUT2D eigenvalue weighted by molar-refractivity contribution is 7.98. The number of ether oxygens (including phenoxy) is 1. The second-order valence-corrected chi connectivity index (χ2v) is 6.10. The van der Waals surface area contributed by atoms with Crippen molar-refractivity contribution in [3.05, 3.63) is 53.1 Å². The first kappa shape index (κ1) is 16.2. The minimum Gasteiger partial charge on any atom is -0.456 e. The van der Waals surface area contributed by atoms with Gasteiger partial charge in [0.15, 0.2) is 0 Å². The molecule has 0 bridgehead atoms. The van der Waals surface area contributed by atoms with Gasteiger partial charge in [-0.1, -0.05) is 36.7 Å². The number of halogens is 1. The largest absolute Gasteiger partial charge is 0.456 e. The van der Waals surface area contributed by atoms with Gasteiger partial charge in [-0.25, -0.2) is 0 Å². The number of nitrogens with two attached hydrogens (primary N) is 1. The van der Waals surface area contributed by atoms with Crippen LogP contribution in [-0.2, 0) is 6.42 Å². The summed E-state index contributed by atoms with van der Waals surface area (Å²) in [4.78, 5) is 1.10.